The SMILES string of the molecule is C=COC1OC(=O)C(Cl)=C1Cl. The highest BCUT2D eigenvalue weighted by atomic mass is 35.5. The molecular formula is C6H4Cl2O3. The zero-order chi connectivity index (χ0) is 8.43. The van der Waals surface area contributed by atoms with E-state index in [9.17, 15) is 4.79 Å². The summed E-state index contributed by atoms with van der Waals surface area (Å²) in [6.07, 6.45) is 0.199. The molecule has 1 heterocycles. The lowest BCUT2D eigenvalue weighted by molar-refractivity contribution is -0.151. The van der Waals surface area contributed by atoms with Gasteiger partial charge in [0.05, 0.1) is 6.26 Å². The minimum Gasteiger partial charge on any atom is -0.458 e. The van der Waals surface area contributed by atoms with Gasteiger partial charge in [-0.25, -0.2) is 4.79 Å². The van der Waals surface area contributed by atoms with Crippen LogP contribution in [0.4, 0.5) is 0 Å². The zero-order valence-electron chi connectivity index (χ0n) is 5.34. The van der Waals surface area contributed by atoms with Crippen molar-refractivity contribution in [3.63, 3.8) is 0 Å². The average molecular weight is 195 g/mol. The van der Waals surface area contributed by atoms with Crippen LogP contribution in [0.2, 0.25) is 0 Å². The predicted octanol–water partition coefficient (Wildman–Crippen LogP) is 1.72. The van der Waals surface area contributed by atoms with Crippen molar-refractivity contribution in [1.29, 1.82) is 0 Å². The first-order chi connectivity index (χ1) is 5.16. The molecule has 0 spiro atoms. The van der Waals surface area contributed by atoms with Crippen molar-refractivity contribution in [2.45, 2.75) is 6.29 Å². The van der Waals surface area contributed by atoms with E-state index in [-0.39, 0.29) is 10.1 Å². The lowest BCUT2D eigenvalue weighted by Crippen LogP contribution is -2.10. The van der Waals surface area contributed by atoms with Gasteiger partial charge in [-0.3, -0.25) is 0 Å². The van der Waals surface area contributed by atoms with Gasteiger partial charge in [0, 0.05) is 0 Å². The molecule has 0 N–H and O–H groups in total. The molecule has 11 heavy (non-hydrogen) atoms. The van der Waals surface area contributed by atoms with Crippen molar-refractivity contribution in [3.8, 4) is 0 Å². The van der Waals surface area contributed by atoms with Gasteiger partial charge in [0.15, 0.2) is 0 Å². The number of halogens is 2. The van der Waals surface area contributed by atoms with Gasteiger partial charge in [-0.1, -0.05) is 29.8 Å². The molecule has 0 bridgehead atoms. The second-order valence-corrected chi connectivity index (χ2v) is 2.49. The van der Waals surface area contributed by atoms with Gasteiger partial charge in [-0.15, -0.1) is 0 Å². The number of rotatable bonds is 2. The number of ether oxygens (including phenoxy) is 2. The third-order valence-electron chi connectivity index (χ3n) is 1.03. The summed E-state index contributed by atoms with van der Waals surface area (Å²) in [7, 11) is 0. The minimum absolute atomic E-state index is 0.0524. The number of carbonyl (C=O) groups excluding carboxylic acids is 1. The van der Waals surface area contributed by atoms with Gasteiger partial charge in [-0.05, 0) is 0 Å². The van der Waals surface area contributed by atoms with Crippen LogP contribution in [-0.4, -0.2) is 12.3 Å². The molecule has 1 atom stereocenters. The lowest BCUT2D eigenvalue weighted by atomic mass is 10.5. The van der Waals surface area contributed by atoms with Crippen molar-refractivity contribution in [3.05, 3.63) is 22.9 Å². The van der Waals surface area contributed by atoms with Crippen molar-refractivity contribution in [2.24, 2.45) is 0 Å². The fourth-order valence-corrected chi connectivity index (χ4v) is 0.883. The molecule has 0 fully saturated rings. The number of carbonyl (C=O) groups is 1. The van der Waals surface area contributed by atoms with Crippen molar-refractivity contribution in [2.75, 3.05) is 0 Å². The minimum atomic E-state index is -0.922. The maximum atomic E-state index is 10.7. The van der Waals surface area contributed by atoms with Crippen LogP contribution in [-0.2, 0) is 14.3 Å². The molecule has 1 unspecified atom stereocenters. The third kappa shape index (κ3) is 1.49. The fraction of sp³-hybridized carbons (Fsp3) is 0.167. The number of hydrogen-bond acceptors (Lipinski definition) is 3. The molecule has 0 saturated heterocycles. The Hall–Kier alpha value is -0.670. The molecule has 0 aromatic carbocycles. The maximum Gasteiger partial charge on any atom is 0.354 e. The quantitative estimate of drug-likeness (QED) is 0.497. The molecule has 0 radical (unpaired) electrons. The van der Waals surface area contributed by atoms with E-state index in [0.717, 1.165) is 6.26 Å². The summed E-state index contributed by atoms with van der Waals surface area (Å²) in [5.74, 6) is -0.677. The Bertz CT molecular complexity index is 234. The third-order valence-corrected chi connectivity index (χ3v) is 1.85. The Morgan fingerprint density at radius 2 is 2.27 bits per heavy atom. The smallest absolute Gasteiger partial charge is 0.354 e. The maximum absolute atomic E-state index is 10.7. The first kappa shape index (κ1) is 8.43. The first-order valence-corrected chi connectivity index (χ1v) is 3.45. The normalized spacial score (nSPS) is 23.5. The summed E-state index contributed by atoms with van der Waals surface area (Å²) in [5.41, 5.74) is 0. The van der Waals surface area contributed by atoms with E-state index in [2.05, 4.69) is 11.3 Å². The van der Waals surface area contributed by atoms with Crippen LogP contribution < -0.4 is 0 Å². The van der Waals surface area contributed by atoms with E-state index in [0.29, 0.717) is 0 Å². The van der Waals surface area contributed by atoms with E-state index in [1.807, 2.05) is 0 Å². The van der Waals surface area contributed by atoms with Crippen LogP contribution in [0.3, 0.4) is 0 Å². The second kappa shape index (κ2) is 3.15. The largest absolute Gasteiger partial charge is 0.458 e. The molecule has 0 amide bonds. The summed E-state index contributed by atoms with van der Waals surface area (Å²) in [4.78, 5) is 10.7. The highest BCUT2D eigenvalue weighted by Gasteiger charge is 2.32. The summed E-state index contributed by atoms with van der Waals surface area (Å²) < 4.78 is 9.26. The second-order valence-electron chi connectivity index (χ2n) is 1.70. The van der Waals surface area contributed by atoms with E-state index in [1.54, 1.807) is 0 Å². The molecule has 5 heteroatoms. The highest BCUT2D eigenvalue weighted by Crippen LogP contribution is 2.29. The lowest BCUT2D eigenvalue weighted by Gasteiger charge is -2.07. The molecule has 1 aliphatic rings. The summed E-state index contributed by atoms with van der Waals surface area (Å²) in [5, 5.41) is -0.0879. The van der Waals surface area contributed by atoms with E-state index in [4.69, 9.17) is 27.9 Å². The van der Waals surface area contributed by atoms with Crippen LogP contribution >= 0.6 is 23.2 Å². The van der Waals surface area contributed by atoms with E-state index >= 15 is 0 Å². The highest BCUT2D eigenvalue weighted by molar-refractivity contribution is 6.48. The van der Waals surface area contributed by atoms with E-state index < -0.39 is 12.3 Å². The average Bonchev–Trinajstić information content (AvgIpc) is 2.19. The van der Waals surface area contributed by atoms with Crippen molar-refractivity contribution >= 4 is 29.2 Å². The molecule has 0 aliphatic carbocycles. The molecule has 0 aromatic heterocycles. The van der Waals surface area contributed by atoms with Gasteiger partial charge in [0.1, 0.15) is 10.1 Å². The summed E-state index contributed by atoms with van der Waals surface area (Å²) >= 11 is 10.9. The predicted molar refractivity (Wildman–Crippen MR) is 39.9 cm³/mol. The van der Waals surface area contributed by atoms with E-state index in [1.165, 1.54) is 0 Å². The number of hydrogen-bond donors (Lipinski definition) is 0. The summed E-state index contributed by atoms with van der Waals surface area (Å²) in [6.45, 7) is 3.27. The van der Waals surface area contributed by atoms with Gasteiger partial charge >= 0.3 is 5.97 Å². The monoisotopic (exact) mass is 194 g/mol. The molecule has 1 rings (SSSR count). The van der Waals surface area contributed by atoms with Gasteiger partial charge in [0.2, 0.25) is 0 Å². The van der Waals surface area contributed by atoms with Crippen LogP contribution in [0.25, 0.3) is 0 Å². The molecule has 0 saturated carbocycles. The molecule has 0 aromatic rings. The van der Waals surface area contributed by atoms with Crippen molar-refractivity contribution in [1.82, 2.24) is 0 Å². The Balaban J connectivity index is 2.76. The number of esters is 1. The topological polar surface area (TPSA) is 35.5 Å². The van der Waals surface area contributed by atoms with Crippen LogP contribution in [0.1, 0.15) is 0 Å². The first-order valence-electron chi connectivity index (χ1n) is 2.69. The molecule has 1 aliphatic heterocycles. The van der Waals surface area contributed by atoms with Crippen molar-refractivity contribution < 1.29 is 14.3 Å². The zero-order valence-corrected chi connectivity index (χ0v) is 6.85. The Morgan fingerprint density at radius 1 is 1.64 bits per heavy atom. The molecule has 3 nitrogen and oxygen atoms in total. The Morgan fingerprint density at radius 3 is 2.64 bits per heavy atom. The van der Waals surface area contributed by atoms with Gasteiger partial charge < -0.3 is 9.47 Å². The molecule has 60 valence electrons. The van der Waals surface area contributed by atoms with Crippen LogP contribution in [0.5, 0.6) is 0 Å². The standard InChI is InChI=1S/C6H4Cl2O3/c1-2-10-6-4(8)3(7)5(9)11-6/h2,6H,1H2. The van der Waals surface area contributed by atoms with Crippen LogP contribution in [0, 0.1) is 0 Å². The Labute approximate surface area is 73.2 Å². The fourth-order valence-electron chi connectivity index (χ4n) is 0.577. The Kier molecular flexibility index (Phi) is 2.42. The number of cyclic esters (lactones) is 1. The summed E-state index contributed by atoms with van der Waals surface area (Å²) in [6, 6.07) is 0. The van der Waals surface area contributed by atoms with Gasteiger partial charge in [-0.2, -0.15) is 0 Å². The van der Waals surface area contributed by atoms with Gasteiger partial charge in [0.25, 0.3) is 6.29 Å². The molecular weight excluding hydrogens is 191 g/mol. The van der Waals surface area contributed by atoms with Crippen LogP contribution in [0.15, 0.2) is 22.9 Å².